The lowest BCUT2D eigenvalue weighted by atomic mass is 10.1. The maximum atomic E-state index is 12.8. The van der Waals surface area contributed by atoms with Gasteiger partial charge in [-0.05, 0) is 30.7 Å². The molecule has 0 unspecified atom stereocenters. The maximum absolute atomic E-state index is 12.8. The van der Waals surface area contributed by atoms with E-state index in [0.717, 1.165) is 10.6 Å². The zero-order chi connectivity index (χ0) is 28.0. The van der Waals surface area contributed by atoms with E-state index in [1.165, 1.54) is 7.05 Å². The summed E-state index contributed by atoms with van der Waals surface area (Å²) in [5, 5.41) is 20.1. The second kappa shape index (κ2) is 11.8. The van der Waals surface area contributed by atoms with E-state index < -0.39 is 42.8 Å². The fourth-order valence-electron chi connectivity index (χ4n) is 3.52. The van der Waals surface area contributed by atoms with Gasteiger partial charge >= 0.3 is 11.9 Å². The number of rotatable bonds is 11. The fraction of sp³-hybridized carbons (Fsp3) is 0.304. The Morgan fingerprint density at radius 2 is 1.71 bits per heavy atom. The van der Waals surface area contributed by atoms with Crippen molar-refractivity contribution in [2.24, 2.45) is 0 Å². The second-order valence-electron chi connectivity index (χ2n) is 8.46. The summed E-state index contributed by atoms with van der Waals surface area (Å²) < 4.78 is 0. The highest BCUT2D eigenvalue weighted by molar-refractivity contribution is 5.97. The number of hydrogen-bond donors (Lipinski definition) is 5. The highest BCUT2D eigenvalue weighted by Crippen LogP contribution is 2.19. The molecular weight excluding hydrogens is 498 g/mol. The molecule has 2 amide bonds. The molecule has 7 N–H and O–H groups in total. The zero-order valence-electron chi connectivity index (χ0n) is 20.7. The number of nitrogen functional groups attached to an aromatic ring is 2. The van der Waals surface area contributed by atoms with E-state index in [0.29, 0.717) is 29.0 Å². The molecule has 200 valence electrons. The Hall–Kier alpha value is -5.08. The van der Waals surface area contributed by atoms with Crippen LogP contribution in [-0.4, -0.2) is 85.5 Å². The van der Waals surface area contributed by atoms with E-state index in [1.54, 1.807) is 30.5 Å². The van der Waals surface area contributed by atoms with Crippen molar-refractivity contribution < 1.29 is 29.4 Å². The highest BCUT2D eigenvalue weighted by atomic mass is 16.4. The Bertz CT molecular complexity index is 1370. The van der Waals surface area contributed by atoms with E-state index in [2.05, 4.69) is 25.3 Å². The number of nitrogens with two attached hydrogens (primary N) is 2. The molecule has 15 heteroatoms. The Labute approximate surface area is 216 Å². The van der Waals surface area contributed by atoms with E-state index in [1.807, 2.05) is 11.9 Å². The predicted molar refractivity (Wildman–Crippen MR) is 136 cm³/mol. The first-order chi connectivity index (χ1) is 17.9. The third-order valence-corrected chi connectivity index (χ3v) is 5.46. The number of anilines is 3. The summed E-state index contributed by atoms with van der Waals surface area (Å²) in [5.74, 6) is -3.58. The molecule has 1 aromatic carbocycles. The molecule has 0 spiro atoms. The highest BCUT2D eigenvalue weighted by Gasteiger charge is 2.23. The first kappa shape index (κ1) is 27.5. The molecule has 1 atom stereocenters. The van der Waals surface area contributed by atoms with Crippen LogP contribution in [-0.2, 0) is 20.9 Å². The molecule has 0 aliphatic heterocycles. The van der Waals surface area contributed by atoms with Crippen LogP contribution >= 0.6 is 0 Å². The van der Waals surface area contributed by atoms with Gasteiger partial charge in [-0.2, -0.15) is 9.97 Å². The number of nitrogens with zero attached hydrogens (tertiary/aromatic N) is 6. The first-order valence-electron chi connectivity index (χ1n) is 11.3. The van der Waals surface area contributed by atoms with E-state index in [-0.39, 0.29) is 18.2 Å². The normalized spacial score (nSPS) is 11.5. The average Bonchev–Trinajstić information content (AvgIpc) is 2.86. The molecule has 0 fully saturated rings. The molecular formula is C23H27N9O6. The Morgan fingerprint density at radius 3 is 2.34 bits per heavy atom. The molecule has 0 radical (unpaired) electrons. The molecule has 3 aromatic rings. The van der Waals surface area contributed by atoms with Crippen LogP contribution in [0.2, 0.25) is 0 Å². The number of nitrogens with one attached hydrogen (secondary N) is 1. The molecule has 0 saturated carbocycles. The number of carbonyl (C=O) groups excluding carboxylic acids is 2. The van der Waals surface area contributed by atoms with E-state index in [4.69, 9.17) is 16.6 Å². The van der Waals surface area contributed by atoms with Gasteiger partial charge in [0, 0.05) is 31.8 Å². The van der Waals surface area contributed by atoms with Gasteiger partial charge in [0.05, 0.1) is 25.0 Å². The summed E-state index contributed by atoms with van der Waals surface area (Å²) in [4.78, 5) is 66.5. The van der Waals surface area contributed by atoms with E-state index >= 15 is 0 Å². The molecule has 38 heavy (non-hydrogen) atoms. The maximum Gasteiger partial charge on any atom is 0.326 e. The Balaban J connectivity index is 1.60. The summed E-state index contributed by atoms with van der Waals surface area (Å²) in [6.45, 7) is -0.0385. The standard InChI is InChI=1S/C23H27N9O6/c1-31(10-13-9-26-20-18(27-13)19(24)29-23(25)30-20)14-5-3-12(4-6-14)21(36)32(2)11-16(33)28-15(22(37)38)7-8-17(34)35/h3-6,9,15H,7-8,10-11H2,1-2H3,(H,28,33)(H,34,35)(H,37,38)(H4,24,25,26,29,30)/t15-/m0/s1. The minimum Gasteiger partial charge on any atom is -0.481 e. The van der Waals surface area contributed by atoms with Gasteiger partial charge in [-0.15, -0.1) is 0 Å². The number of amides is 2. The number of carboxylic acids is 2. The SMILES string of the molecule is CN(CC(=O)N[C@@H](CCC(=O)O)C(=O)O)C(=O)c1ccc(N(C)Cc2cnc3nc(N)nc(N)c3n2)cc1. The smallest absolute Gasteiger partial charge is 0.326 e. The molecule has 3 rings (SSSR count). The largest absolute Gasteiger partial charge is 0.481 e. The molecule has 15 nitrogen and oxygen atoms in total. The molecule has 0 bridgehead atoms. The van der Waals surface area contributed by atoms with Gasteiger partial charge in [0.15, 0.2) is 17.0 Å². The van der Waals surface area contributed by atoms with Crippen molar-refractivity contribution >= 4 is 52.4 Å². The van der Waals surface area contributed by atoms with Crippen LogP contribution < -0.4 is 21.7 Å². The summed E-state index contributed by atoms with van der Waals surface area (Å²) in [6, 6.07) is 5.26. The first-order valence-corrected chi connectivity index (χ1v) is 11.3. The zero-order valence-corrected chi connectivity index (χ0v) is 20.7. The number of likely N-dealkylation sites (N-methyl/N-ethyl adjacent to an activating group) is 1. The number of carboxylic acid groups (broad SMARTS) is 2. The summed E-state index contributed by atoms with van der Waals surface area (Å²) >= 11 is 0. The minimum atomic E-state index is -1.37. The van der Waals surface area contributed by atoms with Crippen LogP contribution in [0.5, 0.6) is 0 Å². The van der Waals surface area contributed by atoms with Crippen LogP contribution in [0.4, 0.5) is 17.5 Å². The van der Waals surface area contributed by atoms with Crippen molar-refractivity contribution in [3.05, 3.63) is 41.7 Å². The number of aromatic nitrogens is 4. The van der Waals surface area contributed by atoms with Crippen molar-refractivity contribution in [1.29, 1.82) is 0 Å². The topological polar surface area (TPSA) is 231 Å². The van der Waals surface area contributed by atoms with Crippen LogP contribution in [0.1, 0.15) is 28.9 Å². The van der Waals surface area contributed by atoms with Crippen molar-refractivity contribution in [2.75, 3.05) is 37.0 Å². The number of hydrogen-bond acceptors (Lipinski definition) is 11. The van der Waals surface area contributed by atoms with Crippen molar-refractivity contribution in [2.45, 2.75) is 25.4 Å². The summed E-state index contributed by atoms with van der Waals surface area (Å²) in [6.07, 6.45) is 0.862. The van der Waals surface area contributed by atoms with Crippen molar-refractivity contribution in [1.82, 2.24) is 30.2 Å². The summed E-state index contributed by atoms with van der Waals surface area (Å²) in [7, 11) is 3.22. The quantitative estimate of drug-likeness (QED) is 0.217. The van der Waals surface area contributed by atoms with Gasteiger partial charge in [-0.3, -0.25) is 14.4 Å². The molecule has 0 aliphatic rings. The lowest BCUT2D eigenvalue weighted by Crippen LogP contribution is -2.46. The molecule has 0 saturated heterocycles. The lowest BCUT2D eigenvalue weighted by molar-refractivity contribution is -0.143. The van der Waals surface area contributed by atoms with Gasteiger partial charge in [0.1, 0.15) is 6.04 Å². The molecule has 2 aromatic heterocycles. The number of fused-ring (bicyclic) bond motifs is 1. The molecule has 0 aliphatic carbocycles. The number of benzene rings is 1. The van der Waals surface area contributed by atoms with Crippen LogP contribution in [0, 0.1) is 0 Å². The van der Waals surface area contributed by atoms with Crippen LogP contribution in [0.15, 0.2) is 30.5 Å². The van der Waals surface area contributed by atoms with Gasteiger partial charge in [0.2, 0.25) is 11.9 Å². The number of carbonyl (C=O) groups is 4. The van der Waals surface area contributed by atoms with Crippen LogP contribution in [0.25, 0.3) is 11.2 Å². The molecule has 2 heterocycles. The Morgan fingerprint density at radius 1 is 1.03 bits per heavy atom. The minimum absolute atomic E-state index is 0.00951. The van der Waals surface area contributed by atoms with Crippen molar-refractivity contribution in [3.8, 4) is 0 Å². The second-order valence-corrected chi connectivity index (χ2v) is 8.46. The summed E-state index contributed by atoms with van der Waals surface area (Å²) in [5.41, 5.74) is 13.8. The van der Waals surface area contributed by atoms with Crippen molar-refractivity contribution in [3.63, 3.8) is 0 Å². The fourth-order valence-corrected chi connectivity index (χ4v) is 3.52. The number of aliphatic carboxylic acids is 2. The average molecular weight is 526 g/mol. The third kappa shape index (κ3) is 6.99. The van der Waals surface area contributed by atoms with Gasteiger partial charge < -0.3 is 36.8 Å². The monoisotopic (exact) mass is 525 g/mol. The lowest BCUT2D eigenvalue weighted by Gasteiger charge is -2.21. The Kier molecular flexibility index (Phi) is 8.52. The van der Waals surface area contributed by atoms with Gasteiger partial charge in [0.25, 0.3) is 5.91 Å². The van der Waals surface area contributed by atoms with Crippen LogP contribution in [0.3, 0.4) is 0 Å². The van der Waals surface area contributed by atoms with Gasteiger partial charge in [-0.1, -0.05) is 0 Å². The van der Waals surface area contributed by atoms with Gasteiger partial charge in [-0.25, -0.2) is 14.8 Å². The predicted octanol–water partition coefficient (Wildman–Crippen LogP) is -0.273. The third-order valence-electron chi connectivity index (χ3n) is 5.46. The van der Waals surface area contributed by atoms with E-state index in [9.17, 15) is 24.3 Å².